The summed E-state index contributed by atoms with van der Waals surface area (Å²) in [4.78, 5) is 9.35. The molecule has 1 aliphatic carbocycles. The first-order chi connectivity index (χ1) is 10.1. The molecule has 1 saturated carbocycles. The Morgan fingerprint density at radius 1 is 1.24 bits per heavy atom. The molecule has 1 heterocycles. The number of hydrogen-bond donors (Lipinski definition) is 0. The zero-order chi connectivity index (χ0) is 15.0. The van der Waals surface area contributed by atoms with Crippen LogP contribution in [0, 0.1) is 10.5 Å². The Kier molecular flexibility index (Phi) is 4.86. The molecule has 3 rings (SSSR count). The van der Waals surface area contributed by atoms with Crippen LogP contribution in [0.25, 0.3) is 11.4 Å². The summed E-state index contributed by atoms with van der Waals surface area (Å²) in [7, 11) is 0. The number of rotatable bonds is 2. The van der Waals surface area contributed by atoms with E-state index in [2.05, 4.69) is 62.6 Å². The Morgan fingerprint density at radius 3 is 2.62 bits per heavy atom. The molecule has 0 N–H and O–H groups in total. The van der Waals surface area contributed by atoms with Gasteiger partial charge >= 0.3 is 0 Å². The largest absolute Gasteiger partial charge is 0.232 e. The lowest BCUT2D eigenvalue weighted by atomic mass is 10.0. The first kappa shape index (κ1) is 15.7. The maximum absolute atomic E-state index is 6.36. The highest BCUT2D eigenvalue weighted by Gasteiger charge is 2.24. The molecule has 0 radical (unpaired) electrons. The van der Waals surface area contributed by atoms with Crippen LogP contribution >= 0.6 is 50.1 Å². The van der Waals surface area contributed by atoms with E-state index in [1.54, 1.807) is 0 Å². The van der Waals surface area contributed by atoms with E-state index >= 15 is 0 Å². The average molecular weight is 478 g/mol. The topological polar surface area (TPSA) is 25.8 Å². The zero-order valence-electron chi connectivity index (χ0n) is 11.7. The fourth-order valence-electron chi connectivity index (χ4n) is 2.90. The van der Waals surface area contributed by atoms with E-state index in [4.69, 9.17) is 16.6 Å². The molecule has 2 nitrogen and oxygen atoms in total. The van der Waals surface area contributed by atoms with Crippen molar-refractivity contribution in [3.8, 4) is 11.4 Å². The standard InChI is InChI=1S/C16H15BrClIN2/c1-9-8-11(17)6-7-12(9)16-20-14(10-4-2-3-5-10)13(19)15(18)21-16/h6-8,10H,2-5H2,1H3. The van der Waals surface area contributed by atoms with Crippen LogP contribution in [0.1, 0.15) is 42.9 Å². The van der Waals surface area contributed by atoms with Gasteiger partial charge in [-0.3, -0.25) is 0 Å². The van der Waals surface area contributed by atoms with E-state index in [9.17, 15) is 0 Å². The predicted octanol–water partition coefficient (Wildman–Crippen LogP) is 6.13. The van der Waals surface area contributed by atoms with Crippen LogP contribution < -0.4 is 0 Å². The van der Waals surface area contributed by atoms with Crippen molar-refractivity contribution in [2.75, 3.05) is 0 Å². The van der Waals surface area contributed by atoms with E-state index in [0.717, 1.165) is 30.7 Å². The zero-order valence-corrected chi connectivity index (χ0v) is 16.2. The van der Waals surface area contributed by atoms with E-state index < -0.39 is 0 Å². The van der Waals surface area contributed by atoms with Gasteiger partial charge in [-0.15, -0.1) is 0 Å². The van der Waals surface area contributed by atoms with Gasteiger partial charge in [0.15, 0.2) is 5.82 Å². The van der Waals surface area contributed by atoms with Gasteiger partial charge in [-0.2, -0.15) is 0 Å². The number of benzene rings is 1. The van der Waals surface area contributed by atoms with Crippen LogP contribution in [-0.2, 0) is 0 Å². The molecular formula is C16H15BrClIN2. The quantitative estimate of drug-likeness (QED) is 0.384. The second kappa shape index (κ2) is 6.50. The number of nitrogens with zero attached hydrogens (tertiary/aromatic N) is 2. The molecule has 1 aliphatic rings. The van der Waals surface area contributed by atoms with Gasteiger partial charge in [-0.25, -0.2) is 9.97 Å². The second-order valence-electron chi connectivity index (χ2n) is 5.48. The van der Waals surface area contributed by atoms with Gasteiger partial charge in [0.05, 0.1) is 9.26 Å². The monoisotopic (exact) mass is 476 g/mol. The molecule has 21 heavy (non-hydrogen) atoms. The molecular weight excluding hydrogens is 462 g/mol. The molecule has 110 valence electrons. The van der Waals surface area contributed by atoms with E-state index in [-0.39, 0.29) is 0 Å². The number of hydrogen-bond acceptors (Lipinski definition) is 2. The van der Waals surface area contributed by atoms with Gasteiger partial charge in [0, 0.05) is 16.0 Å². The van der Waals surface area contributed by atoms with Crippen molar-refractivity contribution >= 4 is 50.1 Å². The normalized spacial score (nSPS) is 15.6. The van der Waals surface area contributed by atoms with Crippen LogP contribution in [0.2, 0.25) is 5.15 Å². The maximum Gasteiger partial charge on any atom is 0.161 e. The summed E-state index contributed by atoms with van der Waals surface area (Å²) in [5.41, 5.74) is 3.33. The summed E-state index contributed by atoms with van der Waals surface area (Å²) in [5.74, 6) is 1.28. The molecule has 0 spiro atoms. The Bertz CT molecular complexity index is 684. The first-order valence-electron chi connectivity index (χ1n) is 7.05. The fraction of sp³-hybridized carbons (Fsp3) is 0.375. The van der Waals surface area contributed by atoms with Crippen LogP contribution in [0.3, 0.4) is 0 Å². The van der Waals surface area contributed by atoms with Crippen molar-refractivity contribution in [2.45, 2.75) is 38.5 Å². The van der Waals surface area contributed by atoms with E-state index in [0.29, 0.717) is 11.1 Å². The van der Waals surface area contributed by atoms with E-state index in [1.165, 1.54) is 25.7 Å². The predicted molar refractivity (Wildman–Crippen MR) is 98.8 cm³/mol. The third kappa shape index (κ3) is 3.27. The van der Waals surface area contributed by atoms with Crippen molar-refractivity contribution in [2.24, 2.45) is 0 Å². The highest BCUT2D eigenvalue weighted by Crippen LogP contribution is 2.38. The summed E-state index contributed by atoms with van der Waals surface area (Å²) in [6.07, 6.45) is 4.99. The van der Waals surface area contributed by atoms with Gasteiger partial charge in [0.25, 0.3) is 0 Å². The minimum absolute atomic E-state index is 0.534. The highest BCUT2D eigenvalue weighted by molar-refractivity contribution is 14.1. The molecule has 0 saturated heterocycles. The number of aromatic nitrogens is 2. The third-order valence-corrected chi connectivity index (χ3v) is 6.16. The Hall–Kier alpha value is -0.200. The minimum atomic E-state index is 0.534. The van der Waals surface area contributed by atoms with Crippen LogP contribution in [0.5, 0.6) is 0 Å². The van der Waals surface area contributed by atoms with Crippen LogP contribution in [0.4, 0.5) is 0 Å². The average Bonchev–Trinajstić information content (AvgIpc) is 2.96. The summed E-state index contributed by atoms with van der Waals surface area (Å²) in [6.45, 7) is 2.07. The lowest BCUT2D eigenvalue weighted by Gasteiger charge is -2.14. The van der Waals surface area contributed by atoms with Crippen LogP contribution in [0.15, 0.2) is 22.7 Å². The van der Waals surface area contributed by atoms with Crippen molar-refractivity contribution in [1.82, 2.24) is 9.97 Å². The molecule has 0 bridgehead atoms. The van der Waals surface area contributed by atoms with Gasteiger partial charge in [-0.1, -0.05) is 40.4 Å². The lowest BCUT2D eigenvalue weighted by molar-refractivity contribution is 0.690. The van der Waals surface area contributed by atoms with Gasteiger partial charge < -0.3 is 0 Å². The van der Waals surface area contributed by atoms with Crippen molar-refractivity contribution in [1.29, 1.82) is 0 Å². The molecule has 0 unspecified atom stereocenters. The van der Waals surface area contributed by atoms with Crippen LogP contribution in [-0.4, -0.2) is 9.97 Å². The summed E-state index contributed by atoms with van der Waals surface area (Å²) >= 11 is 12.1. The molecule has 0 aliphatic heterocycles. The molecule has 5 heteroatoms. The van der Waals surface area contributed by atoms with Gasteiger partial charge in [0.1, 0.15) is 5.15 Å². The minimum Gasteiger partial charge on any atom is -0.232 e. The van der Waals surface area contributed by atoms with Gasteiger partial charge in [0.2, 0.25) is 0 Å². The lowest BCUT2D eigenvalue weighted by Crippen LogP contribution is -2.05. The Labute approximate surface area is 152 Å². The third-order valence-electron chi connectivity index (χ3n) is 4.01. The molecule has 2 aromatic rings. The first-order valence-corrected chi connectivity index (χ1v) is 9.30. The SMILES string of the molecule is Cc1cc(Br)ccc1-c1nc(Cl)c(I)c(C2CCCC2)n1. The molecule has 0 amide bonds. The summed E-state index contributed by atoms with van der Waals surface area (Å²) < 4.78 is 2.08. The summed E-state index contributed by atoms with van der Waals surface area (Å²) in [6, 6.07) is 6.16. The van der Waals surface area contributed by atoms with Crippen molar-refractivity contribution in [3.05, 3.63) is 42.7 Å². The van der Waals surface area contributed by atoms with Gasteiger partial charge in [-0.05, 0) is 66.1 Å². The van der Waals surface area contributed by atoms with Crippen molar-refractivity contribution in [3.63, 3.8) is 0 Å². The summed E-state index contributed by atoms with van der Waals surface area (Å²) in [5, 5.41) is 0.574. The molecule has 0 atom stereocenters. The molecule has 1 fully saturated rings. The highest BCUT2D eigenvalue weighted by atomic mass is 127. The number of halogens is 3. The molecule has 1 aromatic heterocycles. The maximum atomic E-state index is 6.36. The number of aryl methyl sites for hydroxylation is 1. The Morgan fingerprint density at radius 2 is 1.95 bits per heavy atom. The van der Waals surface area contributed by atoms with E-state index in [1.807, 2.05) is 6.07 Å². The smallest absolute Gasteiger partial charge is 0.161 e. The Balaban J connectivity index is 2.10. The fourth-order valence-corrected chi connectivity index (χ4v) is 4.24. The molecule has 1 aromatic carbocycles. The second-order valence-corrected chi connectivity index (χ2v) is 7.83. The van der Waals surface area contributed by atoms with Crippen molar-refractivity contribution < 1.29 is 0 Å².